The second-order valence-corrected chi connectivity index (χ2v) is 6.48. The van der Waals surface area contributed by atoms with Crippen LogP contribution in [0.3, 0.4) is 0 Å². The van der Waals surface area contributed by atoms with Gasteiger partial charge in [-0.3, -0.25) is 9.59 Å². The zero-order chi connectivity index (χ0) is 18.1. The summed E-state index contributed by atoms with van der Waals surface area (Å²) in [5, 5.41) is 0.603. The number of thioether (sulfide) groups is 1. The van der Waals surface area contributed by atoms with Crippen LogP contribution in [0.25, 0.3) is 0 Å². The van der Waals surface area contributed by atoms with Crippen LogP contribution in [0.4, 0.5) is 0 Å². The second kappa shape index (κ2) is 10.5. The summed E-state index contributed by atoms with van der Waals surface area (Å²) in [4.78, 5) is 33.8. The lowest BCUT2D eigenvalue weighted by Crippen LogP contribution is -2.42. The van der Waals surface area contributed by atoms with Gasteiger partial charge in [0.1, 0.15) is 0 Å². The highest BCUT2D eigenvalue weighted by Gasteiger charge is 2.21. The van der Waals surface area contributed by atoms with Crippen molar-refractivity contribution in [2.45, 2.75) is 57.7 Å². The number of nitrogens with one attached hydrogen (secondary N) is 1. The molecule has 0 fully saturated rings. The number of ether oxygens (including phenoxy) is 1. The van der Waals surface area contributed by atoms with Gasteiger partial charge in [-0.25, -0.2) is 4.98 Å². The molecular formula is C17H29N3O3S. The van der Waals surface area contributed by atoms with E-state index < -0.39 is 0 Å². The van der Waals surface area contributed by atoms with Gasteiger partial charge in [-0.05, 0) is 32.4 Å². The van der Waals surface area contributed by atoms with Gasteiger partial charge < -0.3 is 14.6 Å². The molecule has 0 aliphatic rings. The molecule has 0 saturated heterocycles. The summed E-state index contributed by atoms with van der Waals surface area (Å²) in [6.07, 6.45) is 4.41. The number of carbonyl (C=O) groups excluding carboxylic acids is 1. The average Bonchev–Trinajstić information content (AvgIpc) is 2.57. The Hall–Kier alpha value is -1.34. The zero-order valence-electron chi connectivity index (χ0n) is 15.3. The summed E-state index contributed by atoms with van der Waals surface area (Å²) in [5.41, 5.74) is 1.14. The molecule has 0 bridgehead atoms. The minimum atomic E-state index is -0.148. The van der Waals surface area contributed by atoms with E-state index in [0.717, 1.165) is 12.8 Å². The number of rotatable bonds is 10. The molecule has 0 unspecified atom stereocenters. The van der Waals surface area contributed by atoms with Crippen LogP contribution in [0.15, 0.2) is 9.95 Å². The fraction of sp³-hybridized carbons (Fsp3) is 0.706. The molecule has 24 heavy (non-hydrogen) atoms. The predicted octanol–water partition coefficient (Wildman–Crippen LogP) is 2.40. The van der Waals surface area contributed by atoms with E-state index in [4.69, 9.17) is 4.74 Å². The van der Waals surface area contributed by atoms with Gasteiger partial charge >= 0.3 is 0 Å². The van der Waals surface area contributed by atoms with Crippen LogP contribution in [-0.2, 0) is 16.0 Å². The van der Waals surface area contributed by atoms with Gasteiger partial charge in [0, 0.05) is 37.4 Å². The molecule has 0 spiro atoms. The normalized spacial score (nSPS) is 11.1. The Morgan fingerprint density at radius 1 is 1.38 bits per heavy atom. The molecule has 0 radical (unpaired) electrons. The number of aromatic amines is 1. The predicted molar refractivity (Wildman–Crippen MR) is 97.7 cm³/mol. The Morgan fingerprint density at radius 3 is 2.54 bits per heavy atom. The maximum atomic E-state index is 12.7. The summed E-state index contributed by atoms with van der Waals surface area (Å²) in [5.74, 6) is 0.0634. The molecule has 0 saturated carbocycles. The number of carbonyl (C=O) groups is 1. The Labute approximate surface area is 148 Å². The maximum absolute atomic E-state index is 12.7. The van der Waals surface area contributed by atoms with Gasteiger partial charge in [0.2, 0.25) is 5.91 Å². The van der Waals surface area contributed by atoms with Crippen LogP contribution in [0.1, 0.15) is 44.4 Å². The van der Waals surface area contributed by atoms with Crippen LogP contribution >= 0.6 is 11.8 Å². The van der Waals surface area contributed by atoms with Gasteiger partial charge in [-0.15, -0.1) is 0 Å². The summed E-state index contributed by atoms with van der Waals surface area (Å²) < 4.78 is 5.13. The van der Waals surface area contributed by atoms with Crippen molar-refractivity contribution in [3.05, 3.63) is 21.6 Å². The van der Waals surface area contributed by atoms with Crippen molar-refractivity contribution in [3.8, 4) is 0 Å². The highest BCUT2D eigenvalue weighted by molar-refractivity contribution is 7.98. The van der Waals surface area contributed by atoms with Gasteiger partial charge in [0.15, 0.2) is 5.16 Å². The first-order valence-electron chi connectivity index (χ1n) is 8.40. The number of nitrogens with zero attached hydrogens (tertiary/aromatic N) is 2. The van der Waals surface area contributed by atoms with E-state index in [1.54, 1.807) is 7.11 Å². The Bertz CT molecular complexity index is 585. The van der Waals surface area contributed by atoms with Crippen molar-refractivity contribution in [1.29, 1.82) is 0 Å². The molecule has 1 rings (SSSR count). The molecule has 6 nitrogen and oxygen atoms in total. The average molecular weight is 356 g/mol. The van der Waals surface area contributed by atoms with Crippen LogP contribution in [0.2, 0.25) is 0 Å². The molecule has 0 aromatic carbocycles. The smallest absolute Gasteiger partial charge is 0.254 e. The number of hydrogen-bond donors (Lipinski definition) is 1. The number of H-pyrrole nitrogens is 1. The fourth-order valence-corrected chi connectivity index (χ4v) is 3.20. The van der Waals surface area contributed by atoms with Crippen LogP contribution < -0.4 is 5.56 Å². The van der Waals surface area contributed by atoms with Gasteiger partial charge in [-0.2, -0.15) is 0 Å². The van der Waals surface area contributed by atoms with Crippen LogP contribution in [0.5, 0.6) is 0 Å². The highest BCUT2D eigenvalue weighted by atomic mass is 32.2. The fourth-order valence-electron chi connectivity index (χ4n) is 2.78. The molecular weight excluding hydrogens is 326 g/mol. The van der Waals surface area contributed by atoms with Gasteiger partial charge in [-0.1, -0.05) is 25.6 Å². The second-order valence-electron chi connectivity index (χ2n) is 5.69. The number of aryl methyl sites for hydroxylation is 1. The molecule has 0 aliphatic heterocycles. The van der Waals surface area contributed by atoms with Crippen molar-refractivity contribution >= 4 is 17.7 Å². The first-order valence-corrected chi connectivity index (χ1v) is 9.63. The Balaban J connectivity index is 2.83. The SMILES string of the molecule is CCC(CC)N(CCOC)C(=O)CCc1c(C)nc(SC)[nH]c1=O. The summed E-state index contributed by atoms with van der Waals surface area (Å²) in [7, 11) is 1.64. The van der Waals surface area contributed by atoms with Gasteiger partial charge in [0.25, 0.3) is 5.56 Å². The number of aromatic nitrogens is 2. The number of amides is 1. The molecule has 1 heterocycles. The van der Waals surface area contributed by atoms with Crippen molar-refractivity contribution in [2.24, 2.45) is 0 Å². The van der Waals surface area contributed by atoms with Crippen molar-refractivity contribution in [1.82, 2.24) is 14.9 Å². The molecule has 136 valence electrons. The Morgan fingerprint density at radius 2 is 2.04 bits per heavy atom. The molecule has 0 atom stereocenters. The van der Waals surface area contributed by atoms with Gasteiger partial charge in [0.05, 0.1) is 6.61 Å². The molecule has 0 aliphatic carbocycles. The topological polar surface area (TPSA) is 75.3 Å². The number of methoxy groups -OCH3 is 1. The van der Waals surface area contributed by atoms with E-state index in [0.29, 0.717) is 42.4 Å². The van der Waals surface area contributed by atoms with E-state index in [-0.39, 0.29) is 17.5 Å². The van der Waals surface area contributed by atoms with Crippen LogP contribution in [-0.4, -0.2) is 53.3 Å². The lowest BCUT2D eigenvalue weighted by atomic mass is 10.1. The van der Waals surface area contributed by atoms with E-state index in [2.05, 4.69) is 23.8 Å². The minimum absolute atomic E-state index is 0.0634. The monoisotopic (exact) mass is 355 g/mol. The Kier molecular flexibility index (Phi) is 9.07. The first kappa shape index (κ1) is 20.7. The first-order chi connectivity index (χ1) is 11.5. The molecule has 1 N–H and O–H groups in total. The quantitative estimate of drug-likeness (QED) is 0.515. The third kappa shape index (κ3) is 5.63. The maximum Gasteiger partial charge on any atom is 0.254 e. The standard InChI is InChI=1S/C17H29N3O3S/c1-6-13(7-2)20(10-11-23-4)15(21)9-8-14-12(3)18-17(24-5)19-16(14)22/h13H,6-11H2,1-5H3,(H,18,19,22). The third-order valence-corrected chi connectivity index (χ3v) is 4.80. The van der Waals surface area contributed by atoms with Crippen molar-refractivity contribution in [3.63, 3.8) is 0 Å². The third-order valence-electron chi connectivity index (χ3n) is 4.22. The van der Waals surface area contributed by atoms with Crippen LogP contribution in [0, 0.1) is 6.92 Å². The van der Waals surface area contributed by atoms with E-state index >= 15 is 0 Å². The van der Waals surface area contributed by atoms with Crippen molar-refractivity contribution in [2.75, 3.05) is 26.5 Å². The van der Waals surface area contributed by atoms with E-state index in [9.17, 15) is 9.59 Å². The summed E-state index contributed by atoms with van der Waals surface area (Å²) in [6, 6.07) is 0.212. The largest absolute Gasteiger partial charge is 0.383 e. The number of hydrogen-bond acceptors (Lipinski definition) is 5. The summed E-state index contributed by atoms with van der Waals surface area (Å²) in [6.45, 7) is 7.09. The minimum Gasteiger partial charge on any atom is -0.383 e. The lowest BCUT2D eigenvalue weighted by Gasteiger charge is -2.30. The molecule has 1 amide bonds. The van der Waals surface area contributed by atoms with E-state index in [1.165, 1.54) is 11.8 Å². The molecule has 1 aromatic heterocycles. The molecule has 1 aromatic rings. The van der Waals surface area contributed by atoms with Crippen molar-refractivity contribution < 1.29 is 9.53 Å². The van der Waals surface area contributed by atoms with E-state index in [1.807, 2.05) is 18.1 Å². The summed E-state index contributed by atoms with van der Waals surface area (Å²) >= 11 is 1.40. The highest BCUT2D eigenvalue weighted by Crippen LogP contribution is 2.13. The zero-order valence-corrected chi connectivity index (χ0v) is 16.2. The lowest BCUT2D eigenvalue weighted by molar-refractivity contribution is -0.134. The molecule has 7 heteroatoms.